The van der Waals surface area contributed by atoms with E-state index in [1.165, 1.54) is 11.3 Å². The van der Waals surface area contributed by atoms with Crippen molar-refractivity contribution in [1.29, 1.82) is 0 Å². The van der Waals surface area contributed by atoms with Crippen LogP contribution in [0.25, 0.3) is 10.6 Å². The van der Waals surface area contributed by atoms with E-state index in [9.17, 15) is 9.59 Å². The highest BCUT2D eigenvalue weighted by atomic mass is 79.9. The van der Waals surface area contributed by atoms with Crippen LogP contribution in [0.5, 0.6) is 0 Å². The Kier molecular flexibility index (Phi) is 4.36. The Balaban J connectivity index is 1.61. The SMILES string of the molecule is O=C(NNC(=O)c1cc(Br)c[nH]1)c1csc(-c2ccsc2)n1. The normalized spacial score (nSPS) is 10.4. The molecule has 3 aromatic rings. The number of aromatic amines is 1. The lowest BCUT2D eigenvalue weighted by molar-refractivity contribution is 0.0842. The highest BCUT2D eigenvalue weighted by Crippen LogP contribution is 2.25. The van der Waals surface area contributed by atoms with Gasteiger partial charge in [-0.2, -0.15) is 11.3 Å². The first-order valence-corrected chi connectivity index (χ1v) is 8.68. The van der Waals surface area contributed by atoms with E-state index in [1.807, 2.05) is 16.8 Å². The summed E-state index contributed by atoms with van der Waals surface area (Å²) in [6.45, 7) is 0. The van der Waals surface area contributed by atoms with Gasteiger partial charge in [-0.15, -0.1) is 11.3 Å². The van der Waals surface area contributed by atoms with Gasteiger partial charge >= 0.3 is 0 Å². The number of carbonyl (C=O) groups is 2. The van der Waals surface area contributed by atoms with Crippen LogP contribution in [0.15, 0.2) is 38.9 Å². The van der Waals surface area contributed by atoms with Gasteiger partial charge in [-0.1, -0.05) is 0 Å². The Bertz CT molecular complexity index is 810. The van der Waals surface area contributed by atoms with E-state index in [4.69, 9.17) is 0 Å². The summed E-state index contributed by atoms with van der Waals surface area (Å²) in [6.07, 6.45) is 1.63. The number of carbonyl (C=O) groups excluding carboxylic acids is 2. The molecule has 0 saturated heterocycles. The summed E-state index contributed by atoms with van der Waals surface area (Å²) >= 11 is 6.18. The molecule has 6 nitrogen and oxygen atoms in total. The first-order valence-electron chi connectivity index (χ1n) is 6.06. The van der Waals surface area contributed by atoms with Crippen LogP contribution >= 0.6 is 38.6 Å². The molecule has 0 unspecified atom stereocenters. The van der Waals surface area contributed by atoms with Crippen LogP contribution in [0.1, 0.15) is 21.0 Å². The van der Waals surface area contributed by atoms with Crippen LogP contribution in [0.3, 0.4) is 0 Å². The Hall–Kier alpha value is -1.97. The first-order chi connectivity index (χ1) is 10.6. The van der Waals surface area contributed by atoms with Crippen molar-refractivity contribution in [3.63, 3.8) is 0 Å². The predicted octanol–water partition coefficient (Wildman–Crippen LogP) is 3.04. The number of aromatic nitrogens is 2. The molecule has 2 amide bonds. The van der Waals surface area contributed by atoms with Gasteiger partial charge in [-0.3, -0.25) is 20.4 Å². The standard InChI is InChI=1S/C13H9BrN4O2S2/c14-8-3-9(15-4-8)11(19)17-18-12(20)10-6-22-13(16-10)7-1-2-21-5-7/h1-6,15H,(H,17,19)(H,18,20). The smallest absolute Gasteiger partial charge is 0.289 e. The zero-order valence-corrected chi connectivity index (χ0v) is 14.1. The summed E-state index contributed by atoms with van der Waals surface area (Å²) < 4.78 is 0.754. The number of hydrazine groups is 1. The number of rotatable bonds is 3. The summed E-state index contributed by atoms with van der Waals surface area (Å²) in [6, 6.07) is 3.55. The van der Waals surface area contributed by atoms with Gasteiger partial charge in [0.2, 0.25) is 0 Å². The van der Waals surface area contributed by atoms with Gasteiger partial charge < -0.3 is 4.98 Å². The quantitative estimate of drug-likeness (QED) is 0.594. The largest absolute Gasteiger partial charge is 0.356 e. The van der Waals surface area contributed by atoms with Gasteiger partial charge in [0.25, 0.3) is 11.8 Å². The number of nitrogens with one attached hydrogen (secondary N) is 3. The van der Waals surface area contributed by atoms with Crippen molar-refractivity contribution in [3.8, 4) is 10.6 Å². The number of hydrogen-bond acceptors (Lipinski definition) is 5. The summed E-state index contributed by atoms with van der Waals surface area (Å²) in [5.74, 6) is -0.899. The maximum atomic E-state index is 12.0. The molecule has 3 heterocycles. The Morgan fingerprint density at radius 3 is 2.73 bits per heavy atom. The van der Waals surface area contributed by atoms with Crippen molar-refractivity contribution < 1.29 is 9.59 Å². The minimum Gasteiger partial charge on any atom is -0.356 e. The molecule has 0 spiro atoms. The second-order valence-corrected chi connectivity index (χ2v) is 6.74. The molecule has 112 valence electrons. The number of halogens is 1. The summed E-state index contributed by atoms with van der Waals surface area (Å²) in [5, 5.41) is 6.34. The molecule has 0 radical (unpaired) electrons. The summed E-state index contributed by atoms with van der Waals surface area (Å²) in [5.41, 5.74) is 6.25. The van der Waals surface area contributed by atoms with E-state index in [2.05, 4.69) is 36.7 Å². The second kappa shape index (κ2) is 6.42. The van der Waals surface area contributed by atoms with Crippen LogP contribution in [-0.2, 0) is 0 Å². The molecule has 3 rings (SSSR count). The van der Waals surface area contributed by atoms with Crippen molar-refractivity contribution in [2.75, 3.05) is 0 Å². The minimum atomic E-state index is -0.461. The lowest BCUT2D eigenvalue weighted by atomic mass is 10.3. The van der Waals surface area contributed by atoms with E-state index in [0.29, 0.717) is 5.69 Å². The molecule has 0 saturated carbocycles. The zero-order chi connectivity index (χ0) is 15.5. The molecule has 0 aromatic carbocycles. The topological polar surface area (TPSA) is 86.9 Å². The van der Waals surface area contributed by atoms with E-state index in [1.54, 1.807) is 29.0 Å². The lowest BCUT2D eigenvalue weighted by Gasteiger charge is -2.04. The van der Waals surface area contributed by atoms with Crippen molar-refractivity contribution in [1.82, 2.24) is 20.8 Å². The van der Waals surface area contributed by atoms with Gasteiger partial charge in [-0.05, 0) is 33.4 Å². The molecule has 3 N–H and O–H groups in total. The number of thiophene rings is 1. The van der Waals surface area contributed by atoms with E-state index >= 15 is 0 Å². The molecule has 22 heavy (non-hydrogen) atoms. The molecular weight excluding hydrogens is 388 g/mol. The van der Waals surface area contributed by atoms with Gasteiger partial charge in [0, 0.05) is 27.0 Å². The van der Waals surface area contributed by atoms with E-state index in [-0.39, 0.29) is 5.69 Å². The molecule has 0 aliphatic carbocycles. The zero-order valence-electron chi connectivity index (χ0n) is 10.9. The molecular formula is C13H9BrN4O2S2. The number of hydrogen-bond donors (Lipinski definition) is 3. The third-order valence-corrected chi connectivity index (χ3v) is 4.72. The average Bonchev–Trinajstić information content (AvgIpc) is 3.23. The molecule has 0 bridgehead atoms. The van der Waals surface area contributed by atoms with Crippen molar-refractivity contribution >= 4 is 50.4 Å². The molecule has 0 atom stereocenters. The predicted molar refractivity (Wildman–Crippen MR) is 88.9 cm³/mol. The summed E-state index contributed by atoms with van der Waals surface area (Å²) in [7, 11) is 0. The van der Waals surface area contributed by atoms with Crippen molar-refractivity contribution in [2.24, 2.45) is 0 Å². The number of H-pyrrole nitrogens is 1. The van der Waals surface area contributed by atoms with Gasteiger partial charge in [0.1, 0.15) is 16.4 Å². The van der Waals surface area contributed by atoms with Crippen LogP contribution in [-0.4, -0.2) is 21.8 Å². The Morgan fingerprint density at radius 1 is 1.23 bits per heavy atom. The molecule has 0 fully saturated rings. The fourth-order valence-electron chi connectivity index (χ4n) is 1.64. The third-order valence-electron chi connectivity index (χ3n) is 2.69. The van der Waals surface area contributed by atoms with Crippen LogP contribution in [0, 0.1) is 0 Å². The number of amides is 2. The maximum Gasteiger partial charge on any atom is 0.289 e. The first kappa shape index (κ1) is 14.9. The Labute approximate surface area is 141 Å². The van der Waals surface area contributed by atoms with Crippen LogP contribution in [0.2, 0.25) is 0 Å². The summed E-state index contributed by atoms with van der Waals surface area (Å²) in [4.78, 5) is 30.8. The van der Waals surface area contributed by atoms with Gasteiger partial charge in [0.05, 0.1) is 0 Å². The fraction of sp³-hybridized carbons (Fsp3) is 0. The fourth-order valence-corrected chi connectivity index (χ4v) is 3.50. The molecule has 3 aromatic heterocycles. The third kappa shape index (κ3) is 3.26. The van der Waals surface area contributed by atoms with Crippen LogP contribution in [0.4, 0.5) is 0 Å². The van der Waals surface area contributed by atoms with Gasteiger partial charge in [-0.25, -0.2) is 4.98 Å². The highest BCUT2D eigenvalue weighted by Gasteiger charge is 2.14. The Morgan fingerprint density at radius 2 is 2.05 bits per heavy atom. The van der Waals surface area contributed by atoms with Crippen molar-refractivity contribution in [3.05, 3.63) is 50.3 Å². The van der Waals surface area contributed by atoms with Gasteiger partial charge in [0.15, 0.2) is 0 Å². The lowest BCUT2D eigenvalue weighted by Crippen LogP contribution is -2.41. The molecule has 0 aliphatic rings. The minimum absolute atomic E-state index is 0.263. The van der Waals surface area contributed by atoms with Crippen molar-refractivity contribution in [2.45, 2.75) is 0 Å². The van der Waals surface area contributed by atoms with E-state index in [0.717, 1.165) is 15.0 Å². The monoisotopic (exact) mass is 396 g/mol. The maximum absolute atomic E-state index is 12.0. The van der Waals surface area contributed by atoms with Crippen LogP contribution < -0.4 is 10.9 Å². The highest BCUT2D eigenvalue weighted by molar-refractivity contribution is 9.10. The number of nitrogens with zero attached hydrogens (tertiary/aromatic N) is 1. The van der Waals surface area contributed by atoms with E-state index < -0.39 is 11.8 Å². The second-order valence-electron chi connectivity index (χ2n) is 4.19. The average molecular weight is 397 g/mol. The molecule has 9 heteroatoms. The molecule has 0 aliphatic heterocycles. The number of thiazole rings is 1.